The van der Waals surface area contributed by atoms with Crippen LogP contribution >= 0.6 is 11.3 Å². The molecule has 15 heavy (non-hydrogen) atoms. The molecule has 0 spiro atoms. The molecule has 0 amide bonds. The summed E-state index contributed by atoms with van der Waals surface area (Å²) in [7, 11) is 0. The van der Waals surface area contributed by atoms with Gasteiger partial charge in [0.05, 0.1) is 4.88 Å². The van der Waals surface area contributed by atoms with E-state index in [1.165, 1.54) is 42.7 Å². The summed E-state index contributed by atoms with van der Waals surface area (Å²) >= 11 is 1.80. The Morgan fingerprint density at radius 1 is 1.33 bits per heavy atom. The predicted molar refractivity (Wildman–Crippen MR) is 66.0 cm³/mol. The minimum atomic E-state index is 1.04. The summed E-state index contributed by atoms with van der Waals surface area (Å²) in [4.78, 5) is 1.48. The summed E-state index contributed by atoms with van der Waals surface area (Å²) in [5.41, 5.74) is 3.38. The van der Waals surface area contributed by atoms with Crippen LogP contribution in [0.2, 0.25) is 0 Å². The maximum Gasteiger partial charge on any atom is 0.240 e. The predicted octanol–water partition coefficient (Wildman–Crippen LogP) is 3.16. The van der Waals surface area contributed by atoms with Crippen molar-refractivity contribution in [1.29, 1.82) is 0 Å². The monoisotopic (exact) mass is 222 g/mol. The highest BCUT2D eigenvalue weighted by molar-refractivity contribution is 7.09. The van der Waals surface area contributed by atoms with Crippen molar-refractivity contribution in [3.63, 3.8) is 0 Å². The number of aryl methyl sites for hydroxylation is 1. The molecule has 0 aliphatic heterocycles. The molecule has 1 heterocycles. The fraction of sp³-hybridized carbons (Fsp3) is 0.615. The molecule has 0 N–H and O–H groups in total. The van der Waals surface area contributed by atoms with Crippen molar-refractivity contribution in [2.45, 2.75) is 52.4 Å². The van der Waals surface area contributed by atoms with Crippen LogP contribution in [-0.4, -0.2) is 0 Å². The second-order valence-electron chi connectivity index (χ2n) is 3.76. The summed E-state index contributed by atoms with van der Waals surface area (Å²) in [5, 5.41) is 0. The number of rotatable bonds is 6. The average molecular weight is 222 g/mol. The molecule has 82 valence electrons. The number of terminal acetylenes is 1. The zero-order valence-corrected chi connectivity index (χ0v) is 10.6. The molecule has 1 nitrogen and oxygen atoms in total. The largest absolute Gasteiger partial charge is 0.240 e. The van der Waals surface area contributed by atoms with Crippen molar-refractivity contribution in [2.24, 2.45) is 0 Å². The van der Waals surface area contributed by atoms with Gasteiger partial charge >= 0.3 is 0 Å². The number of thiazole rings is 1. The Morgan fingerprint density at radius 2 is 2.13 bits per heavy atom. The van der Waals surface area contributed by atoms with Crippen molar-refractivity contribution in [2.75, 3.05) is 0 Å². The van der Waals surface area contributed by atoms with Gasteiger partial charge in [0.25, 0.3) is 0 Å². The first kappa shape index (κ1) is 12.3. The molecule has 0 aromatic carbocycles. The zero-order valence-electron chi connectivity index (χ0n) is 9.75. The van der Waals surface area contributed by atoms with E-state index in [1.807, 2.05) is 10.1 Å². The van der Waals surface area contributed by atoms with Crippen LogP contribution in [0.25, 0.3) is 0 Å². The second-order valence-corrected chi connectivity index (χ2v) is 4.70. The summed E-state index contributed by atoms with van der Waals surface area (Å²) in [6.07, 6.45) is 13.0. The van der Waals surface area contributed by atoms with Crippen LogP contribution in [0, 0.1) is 12.5 Å². The van der Waals surface area contributed by atoms with Crippen molar-refractivity contribution in [3.8, 4) is 12.5 Å². The summed E-state index contributed by atoms with van der Waals surface area (Å²) in [6, 6.07) is 2.70. The molecule has 0 aliphatic rings. The molecule has 0 saturated heterocycles. The van der Waals surface area contributed by atoms with Crippen molar-refractivity contribution >= 4 is 11.3 Å². The lowest BCUT2D eigenvalue weighted by Gasteiger charge is -1.97. The van der Waals surface area contributed by atoms with Gasteiger partial charge in [-0.3, -0.25) is 0 Å². The molecule has 0 saturated carbocycles. The van der Waals surface area contributed by atoms with Crippen molar-refractivity contribution in [3.05, 3.63) is 16.1 Å². The van der Waals surface area contributed by atoms with Gasteiger partial charge in [0.1, 0.15) is 0 Å². The zero-order chi connectivity index (χ0) is 11.1. The number of unbranched alkanes of at least 4 members (excludes halogenated alkanes) is 3. The van der Waals surface area contributed by atoms with Gasteiger partial charge < -0.3 is 0 Å². The fourth-order valence-corrected chi connectivity index (χ4v) is 2.84. The minimum absolute atomic E-state index is 1.04. The van der Waals surface area contributed by atoms with Crippen LogP contribution in [0.15, 0.2) is 5.51 Å². The molecule has 0 fully saturated rings. The van der Waals surface area contributed by atoms with E-state index in [0.717, 1.165) is 6.42 Å². The van der Waals surface area contributed by atoms with E-state index in [2.05, 4.69) is 19.9 Å². The summed E-state index contributed by atoms with van der Waals surface area (Å²) < 4.78 is 1.93. The molecular formula is C13H20NS+. The molecule has 1 aromatic rings. The lowest BCUT2D eigenvalue weighted by atomic mass is 10.1. The Bertz CT molecular complexity index is 333. The minimum Gasteiger partial charge on any atom is -0.105 e. The molecule has 1 aromatic heterocycles. The normalized spacial score (nSPS) is 10.2. The fourth-order valence-electron chi connectivity index (χ4n) is 1.77. The first-order valence-corrected chi connectivity index (χ1v) is 6.68. The highest BCUT2D eigenvalue weighted by Gasteiger charge is 2.15. The van der Waals surface area contributed by atoms with Crippen molar-refractivity contribution in [1.82, 2.24) is 0 Å². The molecule has 0 atom stereocenters. The number of aromatic nitrogens is 1. The average Bonchev–Trinajstić information content (AvgIpc) is 2.66. The van der Waals surface area contributed by atoms with E-state index in [-0.39, 0.29) is 0 Å². The third kappa shape index (κ3) is 3.35. The Kier molecular flexibility index (Phi) is 5.42. The van der Waals surface area contributed by atoms with E-state index in [1.54, 1.807) is 11.3 Å². The molecule has 0 aliphatic carbocycles. The van der Waals surface area contributed by atoms with Crippen LogP contribution in [0.5, 0.6) is 0 Å². The van der Waals surface area contributed by atoms with Crippen LogP contribution < -0.4 is 4.57 Å². The van der Waals surface area contributed by atoms with Crippen LogP contribution in [0.1, 0.15) is 50.1 Å². The van der Waals surface area contributed by atoms with Crippen LogP contribution in [0.4, 0.5) is 0 Å². The first-order chi connectivity index (χ1) is 7.33. The third-order valence-corrected chi connectivity index (χ3v) is 3.68. The molecule has 0 unspecified atom stereocenters. The Hall–Kier alpha value is -0.810. The molecule has 2 heteroatoms. The molecule has 0 radical (unpaired) electrons. The van der Waals surface area contributed by atoms with Gasteiger partial charge in [-0.05, 0) is 19.3 Å². The highest BCUT2D eigenvalue weighted by Crippen LogP contribution is 2.16. The van der Waals surface area contributed by atoms with Gasteiger partial charge in [-0.2, -0.15) is 0 Å². The number of nitrogens with zero attached hydrogens (tertiary/aromatic N) is 1. The summed E-state index contributed by atoms with van der Waals surface area (Å²) in [6.45, 7) is 4.42. The Morgan fingerprint density at radius 3 is 2.73 bits per heavy atom. The van der Waals surface area contributed by atoms with Crippen molar-refractivity contribution < 1.29 is 4.57 Å². The maximum atomic E-state index is 5.44. The molecule has 0 bridgehead atoms. The maximum absolute atomic E-state index is 5.44. The van der Waals surface area contributed by atoms with Gasteiger partial charge in [-0.15, -0.1) is 4.57 Å². The van der Waals surface area contributed by atoms with E-state index < -0.39 is 0 Å². The highest BCUT2D eigenvalue weighted by atomic mass is 32.1. The number of hydrogen-bond donors (Lipinski definition) is 0. The van der Waals surface area contributed by atoms with Gasteiger partial charge in [-0.25, -0.2) is 0 Å². The molecule has 1 rings (SSSR count). The molecular weight excluding hydrogens is 202 g/mol. The Labute approximate surface area is 97.2 Å². The van der Waals surface area contributed by atoms with E-state index >= 15 is 0 Å². The second kappa shape index (κ2) is 6.63. The van der Waals surface area contributed by atoms with Gasteiger partial charge in [-0.1, -0.05) is 44.4 Å². The standard InChI is InChI=1S/C13H20NS/c1-4-7-8-9-10-13-12(5-2)14(6-3)11-15-13/h3,11H,4-5,7-10H2,1-2H3/q+1. The SMILES string of the molecule is C#C[n+]1csc(CCCCCC)c1CC. The lowest BCUT2D eigenvalue weighted by molar-refractivity contribution is -0.586. The van der Waals surface area contributed by atoms with Gasteiger partial charge in [0, 0.05) is 6.42 Å². The topological polar surface area (TPSA) is 3.88 Å². The van der Waals surface area contributed by atoms with Gasteiger partial charge in [0.15, 0.2) is 0 Å². The van der Waals surface area contributed by atoms with E-state index in [9.17, 15) is 0 Å². The van der Waals surface area contributed by atoms with E-state index in [0.29, 0.717) is 0 Å². The smallest absolute Gasteiger partial charge is 0.105 e. The van der Waals surface area contributed by atoms with Crippen LogP contribution in [-0.2, 0) is 12.8 Å². The van der Waals surface area contributed by atoms with E-state index in [4.69, 9.17) is 6.42 Å². The quantitative estimate of drug-likeness (QED) is 0.395. The lowest BCUT2D eigenvalue weighted by Crippen LogP contribution is -2.29. The summed E-state index contributed by atoms with van der Waals surface area (Å²) in [5.74, 6) is 0. The van der Waals surface area contributed by atoms with Crippen LogP contribution in [0.3, 0.4) is 0 Å². The first-order valence-electron chi connectivity index (χ1n) is 5.81. The number of hydrogen-bond acceptors (Lipinski definition) is 1. The van der Waals surface area contributed by atoms with Gasteiger partial charge in [0.2, 0.25) is 17.2 Å². The Balaban J connectivity index is 2.54. The third-order valence-electron chi connectivity index (χ3n) is 2.64.